The summed E-state index contributed by atoms with van der Waals surface area (Å²) < 4.78 is 4.80. The highest BCUT2D eigenvalue weighted by Crippen LogP contribution is 2.30. The Morgan fingerprint density at radius 1 is 1.44 bits per heavy atom. The van der Waals surface area contributed by atoms with Gasteiger partial charge >= 0.3 is 5.97 Å². The molecule has 16 heavy (non-hydrogen) atoms. The van der Waals surface area contributed by atoms with Gasteiger partial charge < -0.3 is 9.64 Å². The SMILES string of the molecule is COC(=O)C1CCN1c1cc(C)ccc1C. The molecule has 86 valence electrons. The van der Waals surface area contributed by atoms with Gasteiger partial charge in [-0.1, -0.05) is 12.1 Å². The number of aryl methyl sites for hydroxylation is 2. The standard InChI is InChI=1S/C13H17NO2/c1-9-4-5-10(2)12(8-9)14-7-6-11(14)13(15)16-3/h4-5,8,11H,6-7H2,1-3H3. The molecule has 0 spiro atoms. The van der Waals surface area contributed by atoms with E-state index in [4.69, 9.17) is 4.74 Å². The molecule has 0 N–H and O–H groups in total. The van der Waals surface area contributed by atoms with Crippen LogP contribution < -0.4 is 4.90 Å². The second-order valence-electron chi connectivity index (χ2n) is 4.31. The van der Waals surface area contributed by atoms with E-state index in [1.54, 1.807) is 0 Å². The number of hydrogen-bond acceptors (Lipinski definition) is 3. The lowest BCUT2D eigenvalue weighted by molar-refractivity contribution is -0.143. The van der Waals surface area contributed by atoms with Gasteiger partial charge in [-0.3, -0.25) is 0 Å². The fraction of sp³-hybridized carbons (Fsp3) is 0.462. The Hall–Kier alpha value is -1.51. The van der Waals surface area contributed by atoms with Crippen molar-refractivity contribution in [3.63, 3.8) is 0 Å². The Kier molecular flexibility index (Phi) is 2.86. The number of ether oxygens (including phenoxy) is 1. The van der Waals surface area contributed by atoms with Crippen molar-refractivity contribution in [2.24, 2.45) is 0 Å². The smallest absolute Gasteiger partial charge is 0.328 e. The van der Waals surface area contributed by atoms with Gasteiger partial charge in [0.05, 0.1) is 7.11 Å². The van der Waals surface area contributed by atoms with E-state index >= 15 is 0 Å². The summed E-state index contributed by atoms with van der Waals surface area (Å²) in [6.07, 6.45) is 0.889. The second kappa shape index (κ2) is 4.16. The van der Waals surface area contributed by atoms with E-state index in [9.17, 15) is 4.79 Å². The van der Waals surface area contributed by atoms with Crippen molar-refractivity contribution < 1.29 is 9.53 Å². The number of esters is 1. The predicted molar refractivity (Wildman–Crippen MR) is 63.7 cm³/mol. The maximum absolute atomic E-state index is 11.5. The summed E-state index contributed by atoms with van der Waals surface area (Å²) in [5.74, 6) is -0.132. The summed E-state index contributed by atoms with van der Waals surface area (Å²) in [5, 5.41) is 0. The van der Waals surface area contributed by atoms with Crippen LogP contribution >= 0.6 is 0 Å². The molecule has 1 aliphatic rings. The first-order valence-electron chi connectivity index (χ1n) is 5.55. The first-order valence-corrected chi connectivity index (χ1v) is 5.55. The van der Waals surface area contributed by atoms with Crippen LogP contribution in [0, 0.1) is 13.8 Å². The van der Waals surface area contributed by atoms with Crippen LogP contribution in [0.1, 0.15) is 17.5 Å². The number of hydrogen-bond donors (Lipinski definition) is 0. The zero-order valence-corrected chi connectivity index (χ0v) is 9.99. The average Bonchev–Trinajstić information content (AvgIpc) is 2.21. The number of rotatable bonds is 2. The molecule has 0 amide bonds. The van der Waals surface area contributed by atoms with Crippen LogP contribution in [0.4, 0.5) is 5.69 Å². The van der Waals surface area contributed by atoms with Gasteiger partial charge in [0.2, 0.25) is 0 Å². The average molecular weight is 219 g/mol. The Morgan fingerprint density at radius 3 is 2.75 bits per heavy atom. The van der Waals surface area contributed by atoms with Gasteiger partial charge in [0.15, 0.2) is 0 Å². The van der Waals surface area contributed by atoms with E-state index in [-0.39, 0.29) is 12.0 Å². The van der Waals surface area contributed by atoms with E-state index < -0.39 is 0 Å². The summed E-state index contributed by atoms with van der Waals surface area (Å²) in [6, 6.07) is 6.22. The molecule has 2 rings (SSSR count). The molecular formula is C13H17NO2. The van der Waals surface area contributed by atoms with Crippen molar-refractivity contribution >= 4 is 11.7 Å². The fourth-order valence-electron chi connectivity index (χ4n) is 2.09. The van der Waals surface area contributed by atoms with Gasteiger partial charge in [0.1, 0.15) is 6.04 Å². The van der Waals surface area contributed by atoms with Crippen LogP contribution in [0.5, 0.6) is 0 Å². The molecule has 1 aromatic rings. The number of anilines is 1. The lowest BCUT2D eigenvalue weighted by Gasteiger charge is -2.41. The quantitative estimate of drug-likeness (QED) is 0.713. The molecule has 0 aliphatic carbocycles. The zero-order chi connectivity index (χ0) is 11.7. The van der Waals surface area contributed by atoms with E-state index in [1.807, 2.05) is 0 Å². The van der Waals surface area contributed by atoms with Crippen LogP contribution in [-0.4, -0.2) is 25.7 Å². The van der Waals surface area contributed by atoms with Crippen molar-refractivity contribution in [2.45, 2.75) is 26.3 Å². The number of nitrogens with zero attached hydrogens (tertiary/aromatic N) is 1. The third-order valence-corrected chi connectivity index (χ3v) is 3.17. The van der Waals surface area contributed by atoms with Gasteiger partial charge in [0.25, 0.3) is 0 Å². The molecule has 1 aromatic carbocycles. The van der Waals surface area contributed by atoms with Crippen molar-refractivity contribution in [1.29, 1.82) is 0 Å². The minimum Gasteiger partial charge on any atom is -0.467 e. The number of carbonyl (C=O) groups excluding carboxylic acids is 1. The third kappa shape index (κ3) is 1.77. The summed E-state index contributed by atoms with van der Waals surface area (Å²) in [7, 11) is 1.45. The van der Waals surface area contributed by atoms with Gasteiger partial charge in [-0.05, 0) is 37.5 Å². The highest BCUT2D eigenvalue weighted by molar-refractivity contribution is 5.82. The molecule has 0 saturated carbocycles. The van der Waals surface area contributed by atoms with Crippen molar-refractivity contribution in [2.75, 3.05) is 18.6 Å². The molecule has 1 aliphatic heterocycles. The molecule has 1 atom stereocenters. The van der Waals surface area contributed by atoms with E-state index in [0.29, 0.717) is 0 Å². The van der Waals surface area contributed by atoms with Crippen LogP contribution in [-0.2, 0) is 9.53 Å². The summed E-state index contributed by atoms with van der Waals surface area (Å²) in [5.41, 5.74) is 3.58. The van der Waals surface area contributed by atoms with Crippen molar-refractivity contribution in [3.05, 3.63) is 29.3 Å². The zero-order valence-electron chi connectivity index (χ0n) is 9.99. The molecule has 0 radical (unpaired) electrons. The molecule has 0 aromatic heterocycles. The number of carbonyl (C=O) groups is 1. The molecule has 1 unspecified atom stereocenters. The van der Waals surface area contributed by atoms with Crippen LogP contribution in [0.15, 0.2) is 18.2 Å². The normalized spacial score (nSPS) is 19.2. The van der Waals surface area contributed by atoms with E-state index in [0.717, 1.165) is 18.7 Å². The second-order valence-corrected chi connectivity index (χ2v) is 4.31. The summed E-state index contributed by atoms with van der Waals surface area (Å²) in [4.78, 5) is 13.6. The monoisotopic (exact) mass is 219 g/mol. The third-order valence-electron chi connectivity index (χ3n) is 3.17. The Balaban J connectivity index is 2.24. The molecule has 0 bridgehead atoms. The molecule has 1 saturated heterocycles. The van der Waals surface area contributed by atoms with E-state index in [1.165, 1.54) is 18.2 Å². The number of methoxy groups -OCH3 is 1. The van der Waals surface area contributed by atoms with E-state index in [2.05, 4.69) is 36.9 Å². The van der Waals surface area contributed by atoms with Crippen molar-refractivity contribution in [3.8, 4) is 0 Å². The minimum absolute atomic E-state index is 0.0921. The van der Waals surface area contributed by atoms with Crippen molar-refractivity contribution in [1.82, 2.24) is 0 Å². The predicted octanol–water partition coefficient (Wildman–Crippen LogP) is 2.06. The maximum Gasteiger partial charge on any atom is 0.328 e. The highest BCUT2D eigenvalue weighted by atomic mass is 16.5. The van der Waals surface area contributed by atoms with Gasteiger partial charge in [-0.15, -0.1) is 0 Å². The molecule has 1 heterocycles. The summed E-state index contributed by atoms with van der Waals surface area (Å²) >= 11 is 0. The summed E-state index contributed by atoms with van der Waals surface area (Å²) in [6.45, 7) is 5.07. The van der Waals surface area contributed by atoms with Crippen LogP contribution in [0.25, 0.3) is 0 Å². The maximum atomic E-state index is 11.5. The largest absolute Gasteiger partial charge is 0.467 e. The fourth-order valence-corrected chi connectivity index (χ4v) is 2.09. The molecule has 1 fully saturated rings. The first-order chi connectivity index (χ1) is 7.63. The molecular weight excluding hydrogens is 202 g/mol. The van der Waals surface area contributed by atoms with Crippen LogP contribution in [0.3, 0.4) is 0 Å². The molecule has 3 heteroatoms. The topological polar surface area (TPSA) is 29.5 Å². The van der Waals surface area contributed by atoms with Crippen LogP contribution in [0.2, 0.25) is 0 Å². The minimum atomic E-state index is -0.132. The van der Waals surface area contributed by atoms with Gasteiger partial charge in [-0.2, -0.15) is 0 Å². The Morgan fingerprint density at radius 2 is 2.19 bits per heavy atom. The highest BCUT2D eigenvalue weighted by Gasteiger charge is 2.35. The van der Waals surface area contributed by atoms with Gasteiger partial charge in [-0.25, -0.2) is 4.79 Å². The Labute approximate surface area is 96.0 Å². The lowest BCUT2D eigenvalue weighted by atomic mass is 9.99. The lowest BCUT2D eigenvalue weighted by Crippen LogP contribution is -2.53. The Bertz CT molecular complexity index is 414. The number of benzene rings is 1. The molecule has 3 nitrogen and oxygen atoms in total. The van der Waals surface area contributed by atoms with Gasteiger partial charge in [0, 0.05) is 12.2 Å². The first kappa shape index (κ1) is 11.0.